The Hall–Kier alpha value is -1.96. The van der Waals surface area contributed by atoms with E-state index in [2.05, 4.69) is 4.98 Å². The van der Waals surface area contributed by atoms with Crippen molar-refractivity contribution in [3.8, 4) is 0 Å². The molecule has 7 nitrogen and oxygen atoms in total. The van der Waals surface area contributed by atoms with Crippen molar-refractivity contribution in [3.63, 3.8) is 0 Å². The SMILES string of the molecule is CCCCN(C(=O)c1ccc(C(=O)O)nc1)C1CCS(=O)(=O)C1. The van der Waals surface area contributed by atoms with E-state index >= 15 is 0 Å². The third-order valence-electron chi connectivity index (χ3n) is 3.89. The largest absolute Gasteiger partial charge is 0.477 e. The summed E-state index contributed by atoms with van der Waals surface area (Å²) in [5.74, 6) is -1.37. The molecule has 0 aliphatic carbocycles. The first-order chi connectivity index (χ1) is 10.8. The van der Waals surface area contributed by atoms with Crippen LogP contribution in [0.4, 0.5) is 0 Å². The van der Waals surface area contributed by atoms with Gasteiger partial charge in [-0.05, 0) is 25.0 Å². The number of pyridine rings is 1. The molecular formula is C15H20N2O5S. The van der Waals surface area contributed by atoms with Gasteiger partial charge in [0.15, 0.2) is 9.84 Å². The molecule has 1 aliphatic heterocycles. The highest BCUT2D eigenvalue weighted by Gasteiger charge is 2.34. The van der Waals surface area contributed by atoms with E-state index in [1.54, 1.807) is 4.90 Å². The van der Waals surface area contributed by atoms with Crippen LogP contribution in [0.2, 0.25) is 0 Å². The predicted octanol–water partition coefficient (Wildman–Crippen LogP) is 1.21. The molecule has 2 rings (SSSR count). The fourth-order valence-corrected chi connectivity index (χ4v) is 4.34. The second kappa shape index (κ2) is 7.08. The van der Waals surface area contributed by atoms with Gasteiger partial charge in [-0.15, -0.1) is 0 Å². The number of carbonyl (C=O) groups is 2. The molecule has 0 spiro atoms. The summed E-state index contributed by atoms with van der Waals surface area (Å²) in [6.07, 6.45) is 3.34. The number of carboxylic acids is 1. The van der Waals surface area contributed by atoms with Crippen LogP contribution in [0.3, 0.4) is 0 Å². The standard InChI is InChI=1S/C15H20N2O5S/c1-2-3-7-17(12-6-8-23(21,22)10-12)14(18)11-4-5-13(15(19)20)16-9-11/h4-5,9,12H,2-3,6-8,10H2,1H3,(H,19,20). The number of unbranched alkanes of at least 4 members (excludes halogenated alkanes) is 1. The molecule has 1 aromatic heterocycles. The summed E-state index contributed by atoms with van der Waals surface area (Å²) in [5.41, 5.74) is 0.139. The molecule has 1 amide bonds. The van der Waals surface area contributed by atoms with Crippen molar-refractivity contribution in [1.29, 1.82) is 0 Å². The molecule has 1 atom stereocenters. The summed E-state index contributed by atoms with van der Waals surface area (Å²) in [4.78, 5) is 28.8. The molecule has 0 bridgehead atoms. The van der Waals surface area contributed by atoms with Gasteiger partial charge >= 0.3 is 5.97 Å². The van der Waals surface area contributed by atoms with Gasteiger partial charge in [0.1, 0.15) is 5.69 Å². The van der Waals surface area contributed by atoms with Crippen LogP contribution in [0.15, 0.2) is 18.3 Å². The summed E-state index contributed by atoms with van der Waals surface area (Å²) < 4.78 is 23.4. The number of hydrogen-bond donors (Lipinski definition) is 1. The molecular weight excluding hydrogens is 320 g/mol. The van der Waals surface area contributed by atoms with Crippen LogP contribution in [0.5, 0.6) is 0 Å². The Bertz CT molecular complexity index is 684. The molecule has 1 unspecified atom stereocenters. The Balaban J connectivity index is 2.20. The Morgan fingerprint density at radius 2 is 2.13 bits per heavy atom. The zero-order chi connectivity index (χ0) is 17.0. The van der Waals surface area contributed by atoms with E-state index in [4.69, 9.17) is 5.11 Å². The highest BCUT2D eigenvalue weighted by molar-refractivity contribution is 7.91. The second-order valence-corrected chi connectivity index (χ2v) is 7.87. The molecule has 23 heavy (non-hydrogen) atoms. The third kappa shape index (κ3) is 4.28. The Morgan fingerprint density at radius 3 is 2.61 bits per heavy atom. The van der Waals surface area contributed by atoms with Gasteiger partial charge in [-0.2, -0.15) is 0 Å². The number of nitrogens with zero attached hydrogens (tertiary/aromatic N) is 2. The van der Waals surface area contributed by atoms with Crippen LogP contribution in [-0.4, -0.2) is 59.4 Å². The van der Waals surface area contributed by atoms with Crippen molar-refractivity contribution in [2.24, 2.45) is 0 Å². The minimum atomic E-state index is -3.09. The molecule has 0 radical (unpaired) electrons. The van der Waals surface area contributed by atoms with Crippen molar-refractivity contribution in [3.05, 3.63) is 29.6 Å². The van der Waals surface area contributed by atoms with Gasteiger partial charge in [0.05, 0.1) is 17.1 Å². The molecule has 1 fully saturated rings. The van der Waals surface area contributed by atoms with E-state index < -0.39 is 15.8 Å². The molecule has 0 saturated carbocycles. The summed E-state index contributed by atoms with van der Waals surface area (Å²) >= 11 is 0. The lowest BCUT2D eigenvalue weighted by Crippen LogP contribution is -2.41. The predicted molar refractivity (Wildman–Crippen MR) is 84.2 cm³/mol. The Morgan fingerprint density at radius 1 is 1.39 bits per heavy atom. The van der Waals surface area contributed by atoms with Crippen LogP contribution >= 0.6 is 0 Å². The minimum Gasteiger partial charge on any atom is -0.477 e. The molecule has 126 valence electrons. The van der Waals surface area contributed by atoms with Crippen LogP contribution in [0, 0.1) is 0 Å². The smallest absolute Gasteiger partial charge is 0.354 e. The average Bonchev–Trinajstić information content (AvgIpc) is 2.87. The van der Waals surface area contributed by atoms with Crippen LogP contribution in [0.1, 0.15) is 47.0 Å². The molecule has 1 saturated heterocycles. The lowest BCUT2D eigenvalue weighted by Gasteiger charge is -2.28. The topological polar surface area (TPSA) is 105 Å². The van der Waals surface area contributed by atoms with Gasteiger partial charge in [-0.1, -0.05) is 13.3 Å². The highest BCUT2D eigenvalue weighted by atomic mass is 32.2. The number of aromatic carboxylic acids is 1. The van der Waals surface area contributed by atoms with E-state index in [1.165, 1.54) is 18.3 Å². The molecule has 1 aliphatic rings. The number of rotatable bonds is 6. The molecule has 1 N–H and O–H groups in total. The van der Waals surface area contributed by atoms with Crippen molar-refractivity contribution in [1.82, 2.24) is 9.88 Å². The van der Waals surface area contributed by atoms with Crippen LogP contribution < -0.4 is 0 Å². The fraction of sp³-hybridized carbons (Fsp3) is 0.533. The van der Waals surface area contributed by atoms with Gasteiger partial charge in [0, 0.05) is 18.8 Å². The zero-order valence-electron chi connectivity index (χ0n) is 12.9. The van der Waals surface area contributed by atoms with Gasteiger partial charge in [0.2, 0.25) is 0 Å². The third-order valence-corrected chi connectivity index (χ3v) is 5.64. The molecule has 2 heterocycles. The molecule has 0 aromatic carbocycles. The first-order valence-corrected chi connectivity index (χ1v) is 9.37. The molecule has 1 aromatic rings. The van der Waals surface area contributed by atoms with E-state index in [9.17, 15) is 18.0 Å². The maximum Gasteiger partial charge on any atom is 0.354 e. The van der Waals surface area contributed by atoms with Gasteiger partial charge in [-0.25, -0.2) is 18.2 Å². The summed E-state index contributed by atoms with van der Waals surface area (Å²) in [6, 6.07) is 2.37. The normalized spacial score (nSPS) is 19.4. The van der Waals surface area contributed by atoms with Crippen molar-refractivity contribution in [2.75, 3.05) is 18.1 Å². The summed E-state index contributed by atoms with van der Waals surface area (Å²) in [6.45, 7) is 2.48. The number of carbonyl (C=O) groups excluding carboxylic acids is 1. The van der Waals surface area contributed by atoms with Crippen LogP contribution in [-0.2, 0) is 9.84 Å². The van der Waals surface area contributed by atoms with Gasteiger partial charge in [-0.3, -0.25) is 4.79 Å². The summed E-state index contributed by atoms with van der Waals surface area (Å²) in [7, 11) is -3.09. The monoisotopic (exact) mass is 340 g/mol. The second-order valence-electron chi connectivity index (χ2n) is 5.65. The van der Waals surface area contributed by atoms with E-state index in [0.29, 0.717) is 13.0 Å². The number of carboxylic acid groups (broad SMARTS) is 1. The van der Waals surface area contributed by atoms with E-state index in [-0.39, 0.29) is 34.7 Å². The van der Waals surface area contributed by atoms with Crippen molar-refractivity contribution >= 4 is 21.7 Å². The zero-order valence-corrected chi connectivity index (χ0v) is 13.8. The molecule has 8 heteroatoms. The summed E-state index contributed by atoms with van der Waals surface area (Å²) in [5, 5.41) is 8.85. The van der Waals surface area contributed by atoms with Crippen molar-refractivity contribution in [2.45, 2.75) is 32.2 Å². The number of sulfone groups is 1. The van der Waals surface area contributed by atoms with E-state index in [0.717, 1.165) is 12.8 Å². The number of aromatic nitrogens is 1. The lowest BCUT2D eigenvalue weighted by molar-refractivity contribution is 0.0676. The number of amides is 1. The fourth-order valence-electron chi connectivity index (χ4n) is 2.61. The van der Waals surface area contributed by atoms with E-state index in [1.807, 2.05) is 6.92 Å². The maximum absolute atomic E-state index is 12.7. The lowest BCUT2D eigenvalue weighted by atomic mass is 10.1. The van der Waals surface area contributed by atoms with Crippen molar-refractivity contribution < 1.29 is 23.1 Å². The minimum absolute atomic E-state index is 0.0108. The Labute approximate surface area is 135 Å². The number of hydrogen-bond acceptors (Lipinski definition) is 5. The quantitative estimate of drug-likeness (QED) is 0.834. The highest BCUT2D eigenvalue weighted by Crippen LogP contribution is 2.20. The first-order valence-electron chi connectivity index (χ1n) is 7.55. The van der Waals surface area contributed by atoms with Gasteiger partial charge in [0.25, 0.3) is 5.91 Å². The maximum atomic E-state index is 12.7. The average molecular weight is 340 g/mol. The van der Waals surface area contributed by atoms with Crippen LogP contribution in [0.25, 0.3) is 0 Å². The Kier molecular flexibility index (Phi) is 5.35. The van der Waals surface area contributed by atoms with Gasteiger partial charge < -0.3 is 10.0 Å². The first kappa shape index (κ1) is 17.4.